The van der Waals surface area contributed by atoms with E-state index < -0.39 is 0 Å². The summed E-state index contributed by atoms with van der Waals surface area (Å²) in [5.74, 6) is 0.759. The molecule has 0 unspecified atom stereocenters. The Morgan fingerprint density at radius 3 is 2.42 bits per heavy atom. The van der Waals surface area contributed by atoms with Crippen LogP contribution in [0, 0.1) is 0 Å². The van der Waals surface area contributed by atoms with Crippen LogP contribution in [0.25, 0.3) is 5.69 Å². The third-order valence-electron chi connectivity index (χ3n) is 4.22. The molecule has 2 aromatic carbocycles. The number of aromatic nitrogens is 1. The first kappa shape index (κ1) is 15.1. The number of hydrogen-bond donors (Lipinski definition) is 0. The summed E-state index contributed by atoms with van der Waals surface area (Å²) in [6.45, 7) is 0.661. The van der Waals surface area contributed by atoms with Gasteiger partial charge in [-0.1, -0.05) is 48.5 Å². The van der Waals surface area contributed by atoms with Crippen LogP contribution in [-0.2, 0) is 11.3 Å². The number of benzene rings is 2. The molecule has 4 rings (SSSR count). The highest BCUT2D eigenvalue weighted by Crippen LogP contribution is 2.39. The minimum absolute atomic E-state index is 0.0858. The molecule has 3 aromatic rings. The van der Waals surface area contributed by atoms with Gasteiger partial charge in [-0.3, -0.25) is 4.79 Å². The van der Waals surface area contributed by atoms with Gasteiger partial charge >= 0.3 is 0 Å². The molecule has 0 radical (unpaired) electrons. The Hall–Kier alpha value is -2.46. The second-order valence-electron chi connectivity index (χ2n) is 5.86. The number of hydrogen-bond acceptors (Lipinski definition) is 2. The van der Waals surface area contributed by atoms with Crippen LogP contribution in [0.15, 0.2) is 79.1 Å². The first-order valence-corrected chi connectivity index (χ1v) is 9.04. The Bertz CT molecular complexity index is 829. The van der Waals surface area contributed by atoms with E-state index in [9.17, 15) is 4.79 Å². The van der Waals surface area contributed by atoms with E-state index in [0.717, 1.165) is 5.69 Å². The van der Waals surface area contributed by atoms with Crippen LogP contribution in [0.2, 0.25) is 0 Å². The van der Waals surface area contributed by atoms with Crippen molar-refractivity contribution in [2.75, 3.05) is 5.75 Å². The van der Waals surface area contributed by atoms with Crippen LogP contribution in [0.5, 0.6) is 0 Å². The molecule has 1 saturated heterocycles. The standard InChI is InChI=1S/C20H18N2OS/c23-19-15-24-20(22(19)13-16-7-3-1-4-8-16)17-11-12-21(14-17)18-9-5-2-6-10-18/h1-12,14,20H,13,15H2/t20-/m0/s1. The Labute approximate surface area is 145 Å². The summed E-state index contributed by atoms with van der Waals surface area (Å²) in [6, 6.07) is 22.5. The zero-order chi connectivity index (χ0) is 16.4. The number of nitrogens with zero attached hydrogens (tertiary/aromatic N) is 2. The maximum Gasteiger partial charge on any atom is 0.234 e. The normalized spacial score (nSPS) is 17.4. The predicted octanol–water partition coefficient (Wildman–Crippen LogP) is 4.25. The van der Waals surface area contributed by atoms with Crippen LogP contribution >= 0.6 is 11.8 Å². The molecule has 120 valence electrons. The van der Waals surface area contributed by atoms with Crippen LogP contribution < -0.4 is 0 Å². The van der Waals surface area contributed by atoms with Crippen LogP contribution in [-0.4, -0.2) is 21.1 Å². The van der Waals surface area contributed by atoms with Crippen LogP contribution in [0.4, 0.5) is 0 Å². The van der Waals surface area contributed by atoms with Gasteiger partial charge in [-0.2, -0.15) is 0 Å². The quantitative estimate of drug-likeness (QED) is 0.712. The summed E-state index contributed by atoms with van der Waals surface area (Å²) < 4.78 is 2.11. The monoisotopic (exact) mass is 334 g/mol. The van der Waals surface area contributed by atoms with Crippen molar-refractivity contribution in [3.63, 3.8) is 0 Å². The molecule has 4 heteroatoms. The third-order valence-corrected chi connectivity index (χ3v) is 5.48. The van der Waals surface area contributed by atoms with E-state index in [-0.39, 0.29) is 11.3 Å². The SMILES string of the molecule is O=C1CS[C@@H](c2ccn(-c3ccccc3)c2)N1Cc1ccccc1. The Morgan fingerprint density at radius 1 is 0.958 bits per heavy atom. The van der Waals surface area contributed by atoms with Crippen molar-refractivity contribution < 1.29 is 4.79 Å². The largest absolute Gasteiger partial charge is 0.323 e. The molecule has 1 atom stereocenters. The Kier molecular flexibility index (Phi) is 4.13. The van der Waals surface area contributed by atoms with Gasteiger partial charge in [0, 0.05) is 30.2 Å². The molecule has 0 spiro atoms. The Balaban J connectivity index is 1.59. The van der Waals surface area contributed by atoms with Crippen molar-refractivity contribution >= 4 is 17.7 Å². The smallest absolute Gasteiger partial charge is 0.234 e. The molecule has 0 bridgehead atoms. The topological polar surface area (TPSA) is 25.2 Å². The van der Waals surface area contributed by atoms with E-state index in [2.05, 4.69) is 47.3 Å². The number of para-hydroxylation sites is 1. The van der Waals surface area contributed by atoms with Gasteiger partial charge in [0.05, 0.1) is 5.75 Å². The highest BCUT2D eigenvalue weighted by Gasteiger charge is 2.33. The minimum atomic E-state index is 0.0858. The molecule has 0 N–H and O–H groups in total. The van der Waals surface area contributed by atoms with E-state index in [1.54, 1.807) is 11.8 Å². The molecule has 1 aliphatic rings. The maximum absolute atomic E-state index is 12.3. The van der Waals surface area contributed by atoms with Gasteiger partial charge in [0.25, 0.3) is 0 Å². The number of thioether (sulfide) groups is 1. The molecular weight excluding hydrogens is 316 g/mol. The summed E-state index contributed by atoms with van der Waals surface area (Å²) in [5.41, 5.74) is 3.47. The van der Waals surface area contributed by atoms with Crippen molar-refractivity contribution in [2.45, 2.75) is 11.9 Å². The van der Waals surface area contributed by atoms with E-state index in [0.29, 0.717) is 12.3 Å². The van der Waals surface area contributed by atoms with Gasteiger partial charge in [-0.25, -0.2) is 0 Å². The first-order chi connectivity index (χ1) is 11.8. The van der Waals surface area contributed by atoms with E-state index in [1.807, 2.05) is 41.3 Å². The molecule has 1 aromatic heterocycles. The summed E-state index contributed by atoms with van der Waals surface area (Å²) in [5, 5.41) is 0.0858. The minimum Gasteiger partial charge on any atom is -0.323 e. The van der Waals surface area contributed by atoms with E-state index >= 15 is 0 Å². The van der Waals surface area contributed by atoms with Crippen LogP contribution in [0.1, 0.15) is 16.5 Å². The molecule has 0 aliphatic carbocycles. The van der Waals surface area contributed by atoms with E-state index in [4.69, 9.17) is 0 Å². The lowest BCUT2D eigenvalue weighted by Crippen LogP contribution is -2.27. The summed E-state index contributed by atoms with van der Waals surface area (Å²) >= 11 is 1.70. The average Bonchev–Trinajstić information content (AvgIpc) is 3.25. The molecule has 1 aliphatic heterocycles. The summed E-state index contributed by atoms with van der Waals surface area (Å²) in [6.07, 6.45) is 4.19. The lowest BCUT2D eigenvalue weighted by Gasteiger charge is -2.23. The molecular formula is C20H18N2OS. The lowest BCUT2D eigenvalue weighted by molar-refractivity contribution is -0.128. The molecule has 0 saturated carbocycles. The van der Waals surface area contributed by atoms with Gasteiger partial charge in [0.15, 0.2) is 0 Å². The summed E-state index contributed by atoms with van der Waals surface area (Å²) in [4.78, 5) is 14.3. The van der Waals surface area contributed by atoms with Gasteiger partial charge in [-0.05, 0) is 23.8 Å². The number of amides is 1. The van der Waals surface area contributed by atoms with Gasteiger partial charge < -0.3 is 9.47 Å². The van der Waals surface area contributed by atoms with Crippen molar-refractivity contribution in [3.05, 3.63) is 90.3 Å². The van der Waals surface area contributed by atoms with Gasteiger partial charge in [-0.15, -0.1) is 11.8 Å². The first-order valence-electron chi connectivity index (χ1n) is 7.99. The second kappa shape index (κ2) is 6.57. The second-order valence-corrected chi connectivity index (χ2v) is 6.93. The molecule has 24 heavy (non-hydrogen) atoms. The highest BCUT2D eigenvalue weighted by atomic mass is 32.2. The van der Waals surface area contributed by atoms with Crippen LogP contribution in [0.3, 0.4) is 0 Å². The fourth-order valence-electron chi connectivity index (χ4n) is 3.00. The lowest BCUT2D eigenvalue weighted by atomic mass is 10.2. The zero-order valence-corrected chi connectivity index (χ0v) is 14.0. The van der Waals surface area contributed by atoms with Crippen molar-refractivity contribution in [1.29, 1.82) is 0 Å². The number of rotatable bonds is 4. The highest BCUT2D eigenvalue weighted by molar-refractivity contribution is 8.00. The van der Waals surface area contributed by atoms with Gasteiger partial charge in [0.1, 0.15) is 5.37 Å². The summed E-state index contributed by atoms with van der Waals surface area (Å²) in [7, 11) is 0. The van der Waals surface area contributed by atoms with Crippen molar-refractivity contribution in [3.8, 4) is 5.69 Å². The fraction of sp³-hybridized carbons (Fsp3) is 0.150. The molecule has 1 fully saturated rings. The fourth-order valence-corrected chi connectivity index (χ4v) is 4.17. The van der Waals surface area contributed by atoms with Crippen molar-refractivity contribution in [2.24, 2.45) is 0 Å². The average molecular weight is 334 g/mol. The number of carbonyl (C=O) groups is 1. The predicted molar refractivity (Wildman–Crippen MR) is 98.0 cm³/mol. The van der Waals surface area contributed by atoms with E-state index in [1.165, 1.54) is 11.1 Å². The van der Waals surface area contributed by atoms with Gasteiger partial charge in [0.2, 0.25) is 5.91 Å². The maximum atomic E-state index is 12.3. The molecule has 2 heterocycles. The zero-order valence-electron chi connectivity index (χ0n) is 13.2. The number of carbonyl (C=O) groups excluding carboxylic acids is 1. The molecule has 3 nitrogen and oxygen atoms in total. The molecule has 1 amide bonds. The van der Waals surface area contributed by atoms with Crippen molar-refractivity contribution in [1.82, 2.24) is 9.47 Å². The Morgan fingerprint density at radius 2 is 1.67 bits per heavy atom. The third kappa shape index (κ3) is 2.97.